The van der Waals surface area contributed by atoms with Crippen molar-refractivity contribution in [1.82, 2.24) is 0 Å². The summed E-state index contributed by atoms with van der Waals surface area (Å²) in [6, 6.07) is 31.6. The minimum Gasteiger partial charge on any atom is -0.352 e. The maximum atomic E-state index is 7.64. The van der Waals surface area contributed by atoms with E-state index in [1.165, 1.54) is 12.8 Å². The molecular weight excluding hydrogens is 540 g/mol. The van der Waals surface area contributed by atoms with Crippen LogP contribution < -0.4 is 0 Å². The second kappa shape index (κ2) is 11.4. The van der Waals surface area contributed by atoms with Crippen LogP contribution in [-0.2, 0) is 34.0 Å². The number of fused-ring (bicyclic) bond motifs is 1. The molecule has 2 aliphatic carbocycles. The molecule has 2 saturated carbocycles. The summed E-state index contributed by atoms with van der Waals surface area (Å²) in [7, 11) is 0. The van der Waals surface area contributed by atoms with Crippen molar-refractivity contribution in [2.24, 2.45) is 0 Å². The second-order valence-corrected chi connectivity index (χ2v) is 12.9. The van der Waals surface area contributed by atoms with Crippen molar-refractivity contribution in [3.8, 4) is 0 Å². The molecule has 2 spiro atoms. The molecule has 5 aliphatic rings. The topological polar surface area (TPSA) is 55.4 Å². The second-order valence-electron chi connectivity index (χ2n) is 12.9. The molecule has 5 atom stereocenters. The molecule has 3 aromatic carbocycles. The Labute approximate surface area is 254 Å². The SMILES string of the molecule is c1ccc(C(O[C@H]2[C@@H]3OC4(CCCCC4)O[C@H]3O[C@H]2[C@@H]2COC3(CCCCC3)O2)(c2ccccc2)c2ccccc2)cc1. The largest absolute Gasteiger partial charge is 0.352 e. The highest BCUT2D eigenvalue weighted by atomic mass is 16.9. The van der Waals surface area contributed by atoms with E-state index in [1.54, 1.807) is 0 Å². The van der Waals surface area contributed by atoms with E-state index in [2.05, 4.69) is 91.0 Å². The van der Waals surface area contributed by atoms with Crippen LogP contribution in [0.25, 0.3) is 0 Å². The Hall–Kier alpha value is -2.58. The number of hydrogen-bond acceptors (Lipinski definition) is 6. The van der Waals surface area contributed by atoms with Crippen molar-refractivity contribution < 1.29 is 28.4 Å². The van der Waals surface area contributed by atoms with Crippen LogP contribution in [0.2, 0.25) is 0 Å². The molecule has 3 aromatic rings. The van der Waals surface area contributed by atoms with Gasteiger partial charge in [0.2, 0.25) is 0 Å². The molecule has 0 unspecified atom stereocenters. The van der Waals surface area contributed by atoms with E-state index in [0.717, 1.165) is 68.1 Å². The predicted molar refractivity (Wildman–Crippen MR) is 161 cm³/mol. The van der Waals surface area contributed by atoms with Gasteiger partial charge < -0.3 is 28.4 Å². The molecule has 0 bridgehead atoms. The first kappa shape index (κ1) is 27.9. The first-order chi connectivity index (χ1) is 21.2. The average Bonchev–Trinajstić information content (AvgIpc) is 3.73. The molecule has 226 valence electrons. The molecule has 3 heterocycles. The number of rotatable bonds is 6. The lowest BCUT2D eigenvalue weighted by molar-refractivity contribution is -0.267. The standard InChI is InChI=1S/C37H42O6/c1-6-16-27(17-7-1)37(28-18-8-2-9-19-28,29-20-10-3-11-21-29)42-32-31(30-26-38-35(40-30)22-12-4-13-23-35)39-34-33(32)41-36(43-34)24-14-5-15-25-36/h1-3,6-11,16-21,30-34H,4-5,12-15,22-26H2/t30-,31-,32+,33-,34+/m0/s1. The lowest BCUT2D eigenvalue weighted by Crippen LogP contribution is -2.50. The van der Waals surface area contributed by atoms with E-state index < -0.39 is 35.7 Å². The van der Waals surface area contributed by atoms with Crippen LogP contribution in [0, 0.1) is 0 Å². The van der Waals surface area contributed by atoms with Crippen molar-refractivity contribution in [2.45, 2.75) is 112 Å². The fourth-order valence-electron chi connectivity index (χ4n) is 8.14. The summed E-state index contributed by atoms with van der Waals surface area (Å²) in [6.07, 6.45) is 8.45. The maximum absolute atomic E-state index is 7.64. The summed E-state index contributed by atoms with van der Waals surface area (Å²) < 4.78 is 41.3. The molecule has 3 aliphatic heterocycles. The van der Waals surface area contributed by atoms with Crippen LogP contribution in [0.1, 0.15) is 80.9 Å². The van der Waals surface area contributed by atoms with Gasteiger partial charge in [-0.1, -0.05) is 104 Å². The van der Waals surface area contributed by atoms with Crippen LogP contribution in [0.5, 0.6) is 0 Å². The predicted octanol–water partition coefficient (Wildman–Crippen LogP) is 7.24. The monoisotopic (exact) mass is 582 g/mol. The van der Waals surface area contributed by atoms with Crippen molar-refractivity contribution in [1.29, 1.82) is 0 Å². The van der Waals surface area contributed by atoms with Gasteiger partial charge in [0, 0.05) is 25.7 Å². The summed E-state index contributed by atoms with van der Waals surface area (Å²) in [5.41, 5.74) is 2.23. The van der Waals surface area contributed by atoms with Gasteiger partial charge >= 0.3 is 0 Å². The van der Waals surface area contributed by atoms with Gasteiger partial charge in [0.05, 0.1) is 6.61 Å². The number of hydrogen-bond donors (Lipinski definition) is 0. The van der Waals surface area contributed by atoms with E-state index in [1.807, 2.05) is 0 Å². The Morgan fingerprint density at radius 1 is 0.558 bits per heavy atom. The minimum atomic E-state index is -0.918. The first-order valence-electron chi connectivity index (χ1n) is 16.4. The van der Waals surface area contributed by atoms with Gasteiger partial charge in [-0.3, -0.25) is 0 Å². The summed E-state index contributed by atoms with van der Waals surface area (Å²) in [5, 5.41) is 0. The van der Waals surface area contributed by atoms with E-state index in [-0.39, 0.29) is 12.2 Å². The fraction of sp³-hybridized carbons (Fsp3) is 0.514. The zero-order valence-corrected chi connectivity index (χ0v) is 24.8. The van der Waals surface area contributed by atoms with Gasteiger partial charge in [0.15, 0.2) is 17.9 Å². The third-order valence-corrected chi connectivity index (χ3v) is 10.2. The maximum Gasteiger partial charge on any atom is 0.190 e. The first-order valence-corrected chi connectivity index (χ1v) is 16.4. The van der Waals surface area contributed by atoms with Crippen LogP contribution in [-0.4, -0.2) is 48.9 Å². The summed E-state index contributed by atoms with van der Waals surface area (Å²) in [4.78, 5) is 0. The van der Waals surface area contributed by atoms with Gasteiger partial charge in [-0.15, -0.1) is 0 Å². The van der Waals surface area contributed by atoms with Crippen molar-refractivity contribution in [3.63, 3.8) is 0 Å². The highest BCUT2D eigenvalue weighted by molar-refractivity contribution is 5.47. The molecule has 0 N–H and O–H groups in total. The molecule has 43 heavy (non-hydrogen) atoms. The zero-order valence-electron chi connectivity index (χ0n) is 24.8. The molecule has 3 saturated heterocycles. The fourth-order valence-corrected chi connectivity index (χ4v) is 8.14. The highest BCUT2D eigenvalue weighted by Gasteiger charge is 2.63. The van der Waals surface area contributed by atoms with E-state index in [0.29, 0.717) is 6.61 Å². The Balaban J connectivity index is 1.22. The number of ether oxygens (including phenoxy) is 6. The van der Waals surface area contributed by atoms with Crippen molar-refractivity contribution in [3.05, 3.63) is 108 Å². The van der Waals surface area contributed by atoms with Gasteiger partial charge in [-0.2, -0.15) is 0 Å². The molecular formula is C37H42O6. The quantitative estimate of drug-likeness (QED) is 0.286. The number of benzene rings is 3. The summed E-state index contributed by atoms with van der Waals surface area (Å²) >= 11 is 0. The van der Waals surface area contributed by atoms with Gasteiger partial charge in [-0.05, 0) is 42.4 Å². The van der Waals surface area contributed by atoms with Gasteiger partial charge in [-0.25, -0.2) is 0 Å². The average molecular weight is 583 g/mol. The Morgan fingerprint density at radius 3 is 1.60 bits per heavy atom. The summed E-state index contributed by atoms with van der Waals surface area (Å²) in [6.45, 7) is 0.476. The van der Waals surface area contributed by atoms with E-state index in [4.69, 9.17) is 28.4 Å². The van der Waals surface area contributed by atoms with E-state index in [9.17, 15) is 0 Å². The molecule has 6 nitrogen and oxygen atoms in total. The molecule has 0 amide bonds. The van der Waals surface area contributed by atoms with Crippen molar-refractivity contribution >= 4 is 0 Å². The zero-order chi connectivity index (χ0) is 28.7. The lowest BCUT2D eigenvalue weighted by Gasteiger charge is -2.41. The van der Waals surface area contributed by atoms with Gasteiger partial charge in [0.25, 0.3) is 0 Å². The van der Waals surface area contributed by atoms with Crippen LogP contribution in [0.3, 0.4) is 0 Å². The smallest absolute Gasteiger partial charge is 0.190 e. The molecule has 8 rings (SSSR count). The highest BCUT2D eigenvalue weighted by Crippen LogP contribution is 2.51. The van der Waals surface area contributed by atoms with Crippen LogP contribution in [0.4, 0.5) is 0 Å². The Kier molecular flexibility index (Phi) is 7.41. The normalized spacial score (nSPS) is 31.4. The van der Waals surface area contributed by atoms with Crippen LogP contribution in [0.15, 0.2) is 91.0 Å². The third-order valence-electron chi connectivity index (χ3n) is 10.2. The molecule has 0 radical (unpaired) electrons. The third kappa shape index (κ3) is 4.97. The van der Waals surface area contributed by atoms with E-state index >= 15 is 0 Å². The van der Waals surface area contributed by atoms with Gasteiger partial charge in [0.1, 0.15) is 30.0 Å². The Bertz CT molecular complexity index is 1250. The van der Waals surface area contributed by atoms with Crippen LogP contribution >= 0.6 is 0 Å². The molecule has 0 aromatic heterocycles. The minimum absolute atomic E-state index is 0.275. The lowest BCUT2D eigenvalue weighted by atomic mass is 9.79. The van der Waals surface area contributed by atoms with Crippen molar-refractivity contribution in [2.75, 3.05) is 6.61 Å². The molecule has 5 fully saturated rings. The Morgan fingerprint density at radius 2 is 1.07 bits per heavy atom. The summed E-state index contributed by atoms with van der Waals surface area (Å²) in [5.74, 6) is -1.12. The molecule has 6 heteroatoms.